The van der Waals surface area contributed by atoms with Gasteiger partial charge < -0.3 is 10.6 Å². The van der Waals surface area contributed by atoms with Crippen LogP contribution >= 0.6 is 15.9 Å². The highest BCUT2D eigenvalue weighted by molar-refractivity contribution is 9.10. The van der Waals surface area contributed by atoms with Crippen molar-refractivity contribution >= 4 is 40.0 Å². The number of halogens is 1. The lowest BCUT2D eigenvalue weighted by molar-refractivity contribution is -0.105. The SMILES string of the molecule is CNc1cc(C=O)cc(Br)c1NC=O. The van der Waals surface area contributed by atoms with E-state index in [-0.39, 0.29) is 0 Å². The third kappa shape index (κ3) is 2.11. The first-order valence-electron chi connectivity index (χ1n) is 3.89. The fourth-order valence-electron chi connectivity index (χ4n) is 1.10. The van der Waals surface area contributed by atoms with Crippen LogP contribution in [0, 0.1) is 0 Å². The lowest BCUT2D eigenvalue weighted by Gasteiger charge is -2.10. The molecule has 74 valence electrons. The number of anilines is 2. The van der Waals surface area contributed by atoms with Gasteiger partial charge in [0.05, 0.1) is 11.4 Å². The maximum absolute atomic E-state index is 10.6. The number of aldehydes is 1. The highest BCUT2D eigenvalue weighted by atomic mass is 79.9. The molecule has 0 aliphatic heterocycles. The second kappa shape index (κ2) is 4.76. The van der Waals surface area contributed by atoms with E-state index in [9.17, 15) is 9.59 Å². The highest BCUT2D eigenvalue weighted by Gasteiger charge is 2.07. The summed E-state index contributed by atoms with van der Waals surface area (Å²) in [5.41, 5.74) is 1.85. The summed E-state index contributed by atoms with van der Waals surface area (Å²) in [7, 11) is 1.71. The summed E-state index contributed by atoms with van der Waals surface area (Å²) in [4.78, 5) is 20.9. The van der Waals surface area contributed by atoms with E-state index >= 15 is 0 Å². The Labute approximate surface area is 89.8 Å². The average Bonchev–Trinajstić information content (AvgIpc) is 2.20. The van der Waals surface area contributed by atoms with Crippen LogP contribution in [0.2, 0.25) is 0 Å². The molecule has 14 heavy (non-hydrogen) atoms. The second-order valence-electron chi connectivity index (χ2n) is 2.56. The summed E-state index contributed by atoms with van der Waals surface area (Å²) in [6.45, 7) is 0. The molecular weight excluding hydrogens is 248 g/mol. The van der Waals surface area contributed by atoms with Crippen molar-refractivity contribution in [1.29, 1.82) is 0 Å². The molecule has 1 aromatic rings. The van der Waals surface area contributed by atoms with Gasteiger partial charge in [0.15, 0.2) is 0 Å². The van der Waals surface area contributed by atoms with Crippen molar-refractivity contribution in [3.05, 3.63) is 22.2 Å². The molecule has 4 nitrogen and oxygen atoms in total. The predicted octanol–water partition coefficient (Wildman–Crippen LogP) is 1.87. The number of rotatable bonds is 4. The predicted molar refractivity (Wildman–Crippen MR) is 58.8 cm³/mol. The molecule has 0 atom stereocenters. The molecule has 0 unspecified atom stereocenters. The van der Waals surface area contributed by atoms with Gasteiger partial charge in [-0.1, -0.05) is 0 Å². The molecule has 0 radical (unpaired) electrons. The Kier molecular flexibility index (Phi) is 3.64. The van der Waals surface area contributed by atoms with Crippen LogP contribution in [0.1, 0.15) is 10.4 Å². The van der Waals surface area contributed by atoms with Crippen LogP contribution < -0.4 is 10.6 Å². The summed E-state index contributed by atoms with van der Waals surface area (Å²) >= 11 is 3.26. The summed E-state index contributed by atoms with van der Waals surface area (Å²) in [6, 6.07) is 3.29. The largest absolute Gasteiger partial charge is 0.386 e. The molecule has 0 spiro atoms. The van der Waals surface area contributed by atoms with Crippen molar-refractivity contribution < 1.29 is 9.59 Å². The highest BCUT2D eigenvalue weighted by Crippen LogP contribution is 2.31. The molecule has 1 rings (SSSR count). The van der Waals surface area contributed by atoms with E-state index < -0.39 is 0 Å². The first kappa shape index (κ1) is 10.7. The molecule has 0 bridgehead atoms. The van der Waals surface area contributed by atoms with E-state index in [1.165, 1.54) is 0 Å². The fourth-order valence-corrected chi connectivity index (χ4v) is 1.69. The smallest absolute Gasteiger partial charge is 0.211 e. The van der Waals surface area contributed by atoms with Crippen LogP contribution in [-0.4, -0.2) is 19.7 Å². The van der Waals surface area contributed by atoms with Crippen molar-refractivity contribution in [3.63, 3.8) is 0 Å². The molecule has 0 saturated heterocycles. The maximum Gasteiger partial charge on any atom is 0.211 e. The monoisotopic (exact) mass is 256 g/mol. The van der Waals surface area contributed by atoms with Crippen molar-refractivity contribution in [2.24, 2.45) is 0 Å². The third-order valence-corrected chi connectivity index (χ3v) is 2.35. The zero-order valence-corrected chi connectivity index (χ0v) is 9.09. The lowest BCUT2D eigenvalue weighted by atomic mass is 10.2. The number of amides is 1. The van der Waals surface area contributed by atoms with E-state index in [1.807, 2.05) is 0 Å². The normalized spacial score (nSPS) is 9.29. The van der Waals surface area contributed by atoms with Gasteiger partial charge in [-0.15, -0.1) is 0 Å². The Hall–Kier alpha value is -1.36. The van der Waals surface area contributed by atoms with Gasteiger partial charge in [0, 0.05) is 17.1 Å². The van der Waals surface area contributed by atoms with Crippen LogP contribution in [0.5, 0.6) is 0 Å². The van der Waals surface area contributed by atoms with Gasteiger partial charge in [0.25, 0.3) is 0 Å². The molecule has 1 amide bonds. The molecule has 0 saturated carbocycles. The standard InChI is InChI=1S/C9H9BrN2O2/c1-11-8-3-6(4-13)2-7(10)9(8)12-5-14/h2-5,11H,1H3,(H,12,14). The van der Waals surface area contributed by atoms with Gasteiger partial charge in [-0.05, 0) is 28.1 Å². The van der Waals surface area contributed by atoms with E-state index in [2.05, 4.69) is 26.6 Å². The molecule has 2 N–H and O–H groups in total. The van der Waals surface area contributed by atoms with Crippen molar-refractivity contribution in [2.75, 3.05) is 17.7 Å². The molecular formula is C9H9BrN2O2. The number of hydrogen-bond donors (Lipinski definition) is 2. The molecule has 0 heterocycles. The van der Waals surface area contributed by atoms with Crippen LogP contribution in [-0.2, 0) is 4.79 Å². The first-order chi connectivity index (χ1) is 6.72. The molecule has 1 aromatic carbocycles. The van der Waals surface area contributed by atoms with Crippen LogP contribution in [0.4, 0.5) is 11.4 Å². The molecule has 0 aliphatic rings. The van der Waals surface area contributed by atoms with Crippen molar-refractivity contribution in [1.82, 2.24) is 0 Å². The van der Waals surface area contributed by atoms with E-state index in [1.54, 1.807) is 19.2 Å². The summed E-state index contributed by atoms with van der Waals surface area (Å²) < 4.78 is 0.665. The first-order valence-corrected chi connectivity index (χ1v) is 4.69. The number of nitrogens with one attached hydrogen (secondary N) is 2. The fraction of sp³-hybridized carbons (Fsp3) is 0.111. The number of hydrogen-bond acceptors (Lipinski definition) is 3. The Balaban J connectivity index is 3.26. The number of carbonyl (C=O) groups is 2. The van der Waals surface area contributed by atoms with E-state index in [0.717, 1.165) is 6.29 Å². The van der Waals surface area contributed by atoms with E-state index in [0.29, 0.717) is 27.8 Å². The van der Waals surface area contributed by atoms with Crippen LogP contribution in [0.25, 0.3) is 0 Å². The molecule has 0 fully saturated rings. The maximum atomic E-state index is 10.6. The van der Waals surface area contributed by atoms with Gasteiger partial charge in [-0.25, -0.2) is 0 Å². The molecule has 0 aromatic heterocycles. The van der Waals surface area contributed by atoms with Crippen molar-refractivity contribution in [3.8, 4) is 0 Å². The van der Waals surface area contributed by atoms with Gasteiger partial charge >= 0.3 is 0 Å². The van der Waals surface area contributed by atoms with Crippen LogP contribution in [0.15, 0.2) is 16.6 Å². The minimum Gasteiger partial charge on any atom is -0.386 e. The summed E-state index contributed by atoms with van der Waals surface area (Å²) in [5.74, 6) is 0. The quantitative estimate of drug-likeness (QED) is 0.809. The van der Waals surface area contributed by atoms with Crippen molar-refractivity contribution in [2.45, 2.75) is 0 Å². The molecule has 0 aliphatic carbocycles. The van der Waals surface area contributed by atoms with Gasteiger partial charge in [-0.3, -0.25) is 9.59 Å². The Morgan fingerprint density at radius 3 is 2.57 bits per heavy atom. The van der Waals surface area contributed by atoms with Gasteiger partial charge in [-0.2, -0.15) is 0 Å². The zero-order valence-electron chi connectivity index (χ0n) is 7.50. The average molecular weight is 257 g/mol. The number of benzene rings is 1. The Bertz CT molecular complexity index is 366. The zero-order chi connectivity index (χ0) is 10.6. The Morgan fingerprint density at radius 1 is 1.36 bits per heavy atom. The van der Waals surface area contributed by atoms with E-state index in [4.69, 9.17) is 0 Å². The second-order valence-corrected chi connectivity index (χ2v) is 3.41. The molecule has 5 heteroatoms. The number of carbonyl (C=O) groups excluding carboxylic acids is 2. The summed E-state index contributed by atoms with van der Waals surface area (Å²) in [5, 5.41) is 5.43. The van der Waals surface area contributed by atoms with Gasteiger partial charge in [0.2, 0.25) is 6.41 Å². The summed E-state index contributed by atoms with van der Waals surface area (Å²) in [6.07, 6.45) is 1.33. The lowest BCUT2D eigenvalue weighted by Crippen LogP contribution is -2.01. The van der Waals surface area contributed by atoms with Crippen LogP contribution in [0.3, 0.4) is 0 Å². The third-order valence-electron chi connectivity index (χ3n) is 1.72. The minimum atomic E-state index is 0.540. The minimum absolute atomic E-state index is 0.540. The topological polar surface area (TPSA) is 58.2 Å². The van der Waals surface area contributed by atoms with Gasteiger partial charge in [0.1, 0.15) is 6.29 Å². The Morgan fingerprint density at radius 2 is 2.07 bits per heavy atom.